The van der Waals surface area contributed by atoms with Crippen molar-refractivity contribution in [2.45, 2.75) is 19.1 Å². The number of nitrogens with zero attached hydrogens (tertiary/aromatic N) is 1. The number of hydrogen-bond donors (Lipinski definition) is 2. The van der Waals surface area contributed by atoms with E-state index in [0.29, 0.717) is 24.7 Å². The van der Waals surface area contributed by atoms with Crippen molar-refractivity contribution < 1.29 is 19.4 Å². The van der Waals surface area contributed by atoms with Crippen molar-refractivity contribution in [3.8, 4) is 0 Å². The molecular formula is C14H17ClN2O4. The number of halogens is 1. The summed E-state index contributed by atoms with van der Waals surface area (Å²) >= 11 is 5.88. The van der Waals surface area contributed by atoms with E-state index in [1.54, 1.807) is 17.0 Å². The van der Waals surface area contributed by atoms with E-state index in [2.05, 4.69) is 5.32 Å². The highest BCUT2D eigenvalue weighted by Crippen LogP contribution is 2.11. The zero-order valence-corrected chi connectivity index (χ0v) is 12.2. The minimum atomic E-state index is -0.929. The molecule has 114 valence electrons. The summed E-state index contributed by atoms with van der Waals surface area (Å²) in [5.74, 6) is -0.929. The summed E-state index contributed by atoms with van der Waals surface area (Å²) in [5, 5.41) is 12.2. The van der Waals surface area contributed by atoms with Gasteiger partial charge in [-0.05, 0) is 17.7 Å². The summed E-state index contributed by atoms with van der Waals surface area (Å²) in [5.41, 5.74) is 0.909. The second-order valence-corrected chi connectivity index (χ2v) is 5.26. The molecule has 1 aromatic carbocycles. The predicted octanol–water partition coefficient (Wildman–Crippen LogP) is 1.73. The first kappa shape index (κ1) is 15.6. The number of carboxylic acid groups (broad SMARTS) is 1. The molecule has 0 aromatic heterocycles. The lowest BCUT2D eigenvalue weighted by Crippen LogP contribution is -2.49. The van der Waals surface area contributed by atoms with Crippen LogP contribution in [0.2, 0.25) is 5.02 Å². The third kappa shape index (κ3) is 4.91. The van der Waals surface area contributed by atoms with Gasteiger partial charge in [0, 0.05) is 24.7 Å². The number of amides is 2. The molecule has 0 bridgehead atoms. The van der Waals surface area contributed by atoms with Crippen LogP contribution in [0.15, 0.2) is 24.3 Å². The summed E-state index contributed by atoms with van der Waals surface area (Å²) in [7, 11) is 0. The summed E-state index contributed by atoms with van der Waals surface area (Å²) in [4.78, 5) is 24.3. The molecule has 1 saturated heterocycles. The Morgan fingerprint density at radius 2 is 2.29 bits per heavy atom. The zero-order valence-electron chi connectivity index (χ0n) is 11.4. The topological polar surface area (TPSA) is 78.9 Å². The van der Waals surface area contributed by atoms with Crippen LogP contribution in [0.25, 0.3) is 0 Å². The number of urea groups is 1. The van der Waals surface area contributed by atoms with E-state index in [9.17, 15) is 9.59 Å². The number of carbonyl (C=O) groups is 2. The van der Waals surface area contributed by atoms with Crippen LogP contribution < -0.4 is 5.32 Å². The van der Waals surface area contributed by atoms with E-state index in [1.165, 1.54) is 0 Å². The monoisotopic (exact) mass is 312 g/mol. The molecule has 1 aromatic rings. The summed E-state index contributed by atoms with van der Waals surface area (Å²) in [6.45, 7) is 1.47. The Hall–Kier alpha value is -1.79. The molecule has 2 N–H and O–H groups in total. The lowest BCUT2D eigenvalue weighted by Gasteiger charge is -2.32. The Balaban J connectivity index is 1.83. The third-order valence-electron chi connectivity index (χ3n) is 3.16. The average molecular weight is 313 g/mol. The number of nitrogens with one attached hydrogen (secondary N) is 1. The highest BCUT2D eigenvalue weighted by atomic mass is 35.5. The fraction of sp³-hybridized carbons (Fsp3) is 0.429. The highest BCUT2D eigenvalue weighted by Gasteiger charge is 2.25. The van der Waals surface area contributed by atoms with Crippen LogP contribution in [-0.4, -0.2) is 47.8 Å². The highest BCUT2D eigenvalue weighted by molar-refractivity contribution is 6.30. The normalized spacial score (nSPS) is 18.3. The zero-order chi connectivity index (χ0) is 15.2. The number of benzene rings is 1. The fourth-order valence-electron chi connectivity index (χ4n) is 2.16. The van der Waals surface area contributed by atoms with Crippen molar-refractivity contribution in [1.29, 1.82) is 0 Å². The van der Waals surface area contributed by atoms with Gasteiger partial charge in [0.05, 0.1) is 19.1 Å². The van der Waals surface area contributed by atoms with Crippen LogP contribution in [0.1, 0.15) is 12.0 Å². The van der Waals surface area contributed by atoms with E-state index in [4.69, 9.17) is 21.4 Å². The Morgan fingerprint density at radius 3 is 3.00 bits per heavy atom. The predicted molar refractivity (Wildman–Crippen MR) is 77.3 cm³/mol. The van der Waals surface area contributed by atoms with E-state index in [-0.39, 0.29) is 19.0 Å². The van der Waals surface area contributed by atoms with E-state index >= 15 is 0 Å². The van der Waals surface area contributed by atoms with Crippen molar-refractivity contribution in [3.63, 3.8) is 0 Å². The van der Waals surface area contributed by atoms with Crippen LogP contribution in [-0.2, 0) is 16.1 Å². The van der Waals surface area contributed by atoms with Gasteiger partial charge in [-0.3, -0.25) is 4.79 Å². The van der Waals surface area contributed by atoms with Crippen molar-refractivity contribution >= 4 is 23.6 Å². The van der Waals surface area contributed by atoms with E-state index in [0.717, 1.165) is 5.56 Å². The van der Waals surface area contributed by atoms with Gasteiger partial charge < -0.3 is 20.1 Å². The van der Waals surface area contributed by atoms with Crippen LogP contribution in [0, 0.1) is 0 Å². The Labute approximate surface area is 127 Å². The molecule has 2 rings (SSSR count). The number of carboxylic acids is 1. The first-order valence-corrected chi connectivity index (χ1v) is 7.03. The number of hydrogen-bond acceptors (Lipinski definition) is 3. The van der Waals surface area contributed by atoms with Gasteiger partial charge >= 0.3 is 12.0 Å². The first-order valence-electron chi connectivity index (χ1n) is 6.65. The standard InChI is InChI=1S/C14H17ClN2O4/c15-11-3-1-2-10(6-11)8-16-14(20)17-4-5-21-12(9-17)7-13(18)19/h1-3,6,12H,4-5,7-9H2,(H,16,20)(H,18,19). The van der Waals surface area contributed by atoms with Crippen molar-refractivity contribution in [1.82, 2.24) is 10.2 Å². The Morgan fingerprint density at radius 1 is 1.48 bits per heavy atom. The maximum atomic E-state index is 12.1. The van der Waals surface area contributed by atoms with Crippen LogP contribution in [0.4, 0.5) is 4.79 Å². The molecule has 0 radical (unpaired) electrons. The maximum Gasteiger partial charge on any atom is 0.317 e. The molecule has 0 aliphatic carbocycles. The van der Waals surface area contributed by atoms with Gasteiger partial charge in [-0.25, -0.2) is 4.79 Å². The van der Waals surface area contributed by atoms with Gasteiger partial charge in [0.1, 0.15) is 0 Å². The molecule has 1 fully saturated rings. The minimum absolute atomic E-state index is 0.0991. The smallest absolute Gasteiger partial charge is 0.317 e. The molecule has 2 amide bonds. The minimum Gasteiger partial charge on any atom is -0.481 e. The third-order valence-corrected chi connectivity index (χ3v) is 3.40. The van der Waals surface area contributed by atoms with E-state index in [1.807, 2.05) is 12.1 Å². The van der Waals surface area contributed by atoms with Gasteiger partial charge in [0.25, 0.3) is 0 Å². The number of morpholine rings is 1. The maximum absolute atomic E-state index is 12.1. The SMILES string of the molecule is O=C(O)CC1CN(C(=O)NCc2cccc(Cl)c2)CCO1. The van der Waals surface area contributed by atoms with Gasteiger partial charge in [-0.15, -0.1) is 0 Å². The molecule has 1 heterocycles. The molecule has 0 spiro atoms. The Kier molecular flexibility index (Phi) is 5.41. The molecule has 7 heteroatoms. The summed E-state index contributed by atoms with van der Waals surface area (Å²) in [6, 6.07) is 7.02. The molecule has 1 unspecified atom stereocenters. The number of aliphatic carboxylic acids is 1. The lowest BCUT2D eigenvalue weighted by molar-refractivity contribution is -0.141. The molecular weight excluding hydrogens is 296 g/mol. The molecule has 1 aliphatic heterocycles. The molecule has 21 heavy (non-hydrogen) atoms. The molecule has 0 saturated carbocycles. The van der Waals surface area contributed by atoms with Gasteiger partial charge in [0.15, 0.2) is 0 Å². The molecule has 1 aliphatic rings. The number of carbonyl (C=O) groups excluding carboxylic acids is 1. The average Bonchev–Trinajstić information content (AvgIpc) is 2.44. The molecule has 6 nitrogen and oxygen atoms in total. The van der Waals surface area contributed by atoms with Gasteiger partial charge in [-0.1, -0.05) is 23.7 Å². The van der Waals surface area contributed by atoms with Gasteiger partial charge in [-0.2, -0.15) is 0 Å². The van der Waals surface area contributed by atoms with Crippen molar-refractivity contribution in [2.24, 2.45) is 0 Å². The Bertz CT molecular complexity index is 523. The van der Waals surface area contributed by atoms with Crippen LogP contribution >= 0.6 is 11.6 Å². The first-order chi connectivity index (χ1) is 10.0. The van der Waals surface area contributed by atoms with Gasteiger partial charge in [0.2, 0.25) is 0 Å². The summed E-state index contributed by atoms with van der Waals surface area (Å²) < 4.78 is 5.33. The quantitative estimate of drug-likeness (QED) is 0.887. The number of ether oxygens (including phenoxy) is 1. The second-order valence-electron chi connectivity index (χ2n) is 4.83. The van der Waals surface area contributed by atoms with E-state index < -0.39 is 12.1 Å². The molecule has 1 atom stereocenters. The number of rotatable bonds is 4. The van der Waals surface area contributed by atoms with Crippen molar-refractivity contribution in [3.05, 3.63) is 34.9 Å². The van der Waals surface area contributed by atoms with Crippen molar-refractivity contribution in [2.75, 3.05) is 19.7 Å². The summed E-state index contributed by atoms with van der Waals surface area (Å²) in [6.07, 6.45) is -0.550. The fourth-order valence-corrected chi connectivity index (χ4v) is 2.37. The van der Waals surface area contributed by atoms with Crippen LogP contribution in [0.5, 0.6) is 0 Å². The second kappa shape index (κ2) is 7.28. The van der Waals surface area contributed by atoms with Crippen LogP contribution in [0.3, 0.4) is 0 Å². The lowest BCUT2D eigenvalue weighted by atomic mass is 10.2. The largest absolute Gasteiger partial charge is 0.481 e.